The number of hydrogen-bond donors (Lipinski definition) is 2. The lowest BCUT2D eigenvalue weighted by atomic mass is 9.63. The molecule has 3 N–H and O–H groups in total. The Morgan fingerprint density at radius 3 is 2.50 bits per heavy atom. The van der Waals surface area contributed by atoms with Crippen LogP contribution >= 0.6 is 0 Å². The zero-order valence-electron chi connectivity index (χ0n) is 15.6. The first kappa shape index (κ1) is 20.5. The summed E-state index contributed by atoms with van der Waals surface area (Å²) in [6, 6.07) is 0.150. The van der Waals surface area contributed by atoms with Crippen LogP contribution in [0.3, 0.4) is 0 Å². The van der Waals surface area contributed by atoms with E-state index in [0.29, 0.717) is 12.1 Å². The zero-order chi connectivity index (χ0) is 18.5. The van der Waals surface area contributed by atoms with Crippen LogP contribution in [0.2, 0.25) is 0 Å². The van der Waals surface area contributed by atoms with Gasteiger partial charge in [-0.25, -0.2) is 9.59 Å². The Bertz CT molecular complexity index is 489. The van der Waals surface area contributed by atoms with Crippen molar-refractivity contribution in [3.05, 3.63) is 12.2 Å². The smallest absolute Gasteiger partial charge is 0.407 e. The topological polar surface area (TPSA) is 90.6 Å². The number of amides is 1. The molecule has 0 aliphatic heterocycles. The number of rotatable bonds is 6. The highest BCUT2D eigenvalue weighted by Crippen LogP contribution is 2.45. The van der Waals surface area contributed by atoms with Gasteiger partial charge in [0.15, 0.2) is 0 Å². The van der Waals surface area contributed by atoms with Gasteiger partial charge in [0.1, 0.15) is 12.7 Å². The van der Waals surface area contributed by atoms with Gasteiger partial charge in [0.05, 0.1) is 0 Å². The summed E-state index contributed by atoms with van der Waals surface area (Å²) < 4.78 is 10.2. The van der Waals surface area contributed by atoms with E-state index in [2.05, 4.69) is 32.7 Å². The summed E-state index contributed by atoms with van der Waals surface area (Å²) in [5, 5.41) is 2.82. The molecule has 1 aliphatic rings. The number of esters is 1. The fraction of sp³-hybridized carbons (Fsp3) is 0.778. The quantitative estimate of drug-likeness (QED) is 0.573. The van der Waals surface area contributed by atoms with Crippen LogP contribution in [0, 0.1) is 10.8 Å². The molecule has 0 aromatic heterocycles. The molecule has 0 saturated heterocycles. The number of nitrogens with two attached hydrogens (primary N) is 1. The fourth-order valence-electron chi connectivity index (χ4n) is 3.71. The van der Waals surface area contributed by atoms with Crippen LogP contribution in [0.25, 0.3) is 0 Å². The average molecular weight is 340 g/mol. The summed E-state index contributed by atoms with van der Waals surface area (Å²) in [5.41, 5.74) is 6.60. The first-order chi connectivity index (χ1) is 10.9. The molecular weight excluding hydrogens is 308 g/mol. The molecule has 0 radical (unpaired) electrons. The lowest BCUT2D eigenvalue weighted by Gasteiger charge is -2.45. The van der Waals surface area contributed by atoms with Crippen LogP contribution in [-0.4, -0.2) is 37.4 Å². The fourth-order valence-corrected chi connectivity index (χ4v) is 3.71. The van der Waals surface area contributed by atoms with E-state index in [9.17, 15) is 9.59 Å². The van der Waals surface area contributed by atoms with E-state index in [1.807, 2.05) is 0 Å². The molecule has 3 unspecified atom stereocenters. The number of carbonyl (C=O) groups is 2. The molecule has 24 heavy (non-hydrogen) atoms. The van der Waals surface area contributed by atoms with Gasteiger partial charge in [0.2, 0.25) is 0 Å². The summed E-state index contributed by atoms with van der Waals surface area (Å²) in [7, 11) is 0. The molecule has 138 valence electrons. The molecule has 0 bridgehead atoms. The summed E-state index contributed by atoms with van der Waals surface area (Å²) in [5.74, 6) is -0.489. The first-order valence-electron chi connectivity index (χ1n) is 8.45. The van der Waals surface area contributed by atoms with Gasteiger partial charge in [-0.05, 0) is 43.9 Å². The lowest BCUT2D eigenvalue weighted by Crippen LogP contribution is -2.47. The van der Waals surface area contributed by atoms with E-state index in [0.717, 1.165) is 19.3 Å². The van der Waals surface area contributed by atoms with Crippen molar-refractivity contribution >= 4 is 12.1 Å². The standard InChI is InChI=1S/C18H32N2O4/c1-12(2)15(21)23-9-13(3)24-16(22)20-11-18(6)8-14(19)7-17(4,5)10-18/h13-14H,1,7-11,19H2,2-6H3,(H,20,22). The molecule has 1 rings (SSSR count). The lowest BCUT2D eigenvalue weighted by molar-refractivity contribution is -0.141. The summed E-state index contributed by atoms with van der Waals surface area (Å²) in [4.78, 5) is 23.2. The van der Waals surface area contributed by atoms with Crippen molar-refractivity contribution in [3.63, 3.8) is 0 Å². The largest absolute Gasteiger partial charge is 0.458 e. The van der Waals surface area contributed by atoms with Crippen molar-refractivity contribution in [2.75, 3.05) is 13.2 Å². The van der Waals surface area contributed by atoms with Crippen LogP contribution in [0.1, 0.15) is 53.9 Å². The molecule has 3 atom stereocenters. The SMILES string of the molecule is C=C(C)C(=O)OCC(C)OC(=O)NCC1(C)CC(N)CC(C)(C)C1. The Morgan fingerprint density at radius 2 is 1.96 bits per heavy atom. The van der Waals surface area contributed by atoms with Crippen molar-refractivity contribution in [1.29, 1.82) is 0 Å². The second-order valence-corrected chi connectivity index (χ2v) is 8.27. The predicted octanol–water partition coefficient (Wildman–Crippen LogP) is 2.76. The van der Waals surface area contributed by atoms with E-state index < -0.39 is 18.2 Å². The van der Waals surface area contributed by atoms with Crippen LogP contribution in [0.5, 0.6) is 0 Å². The van der Waals surface area contributed by atoms with Gasteiger partial charge in [0.25, 0.3) is 0 Å². The van der Waals surface area contributed by atoms with Crippen molar-refractivity contribution in [2.45, 2.75) is 66.0 Å². The van der Waals surface area contributed by atoms with Gasteiger partial charge in [0, 0.05) is 18.2 Å². The van der Waals surface area contributed by atoms with Gasteiger partial charge in [-0.3, -0.25) is 0 Å². The second-order valence-electron chi connectivity index (χ2n) is 8.27. The third-order valence-corrected chi connectivity index (χ3v) is 4.24. The van der Waals surface area contributed by atoms with E-state index in [1.54, 1.807) is 13.8 Å². The first-order valence-corrected chi connectivity index (χ1v) is 8.45. The van der Waals surface area contributed by atoms with E-state index in [4.69, 9.17) is 15.2 Å². The Balaban J connectivity index is 2.40. The van der Waals surface area contributed by atoms with Crippen molar-refractivity contribution < 1.29 is 19.1 Å². The minimum absolute atomic E-state index is 0.00822. The van der Waals surface area contributed by atoms with Crippen LogP contribution in [-0.2, 0) is 14.3 Å². The molecule has 0 spiro atoms. The third-order valence-electron chi connectivity index (χ3n) is 4.24. The molecule has 1 saturated carbocycles. The average Bonchev–Trinajstić information content (AvgIpc) is 2.39. The molecular formula is C18H32N2O4. The van der Waals surface area contributed by atoms with Gasteiger partial charge < -0.3 is 20.5 Å². The number of nitrogens with one attached hydrogen (secondary N) is 1. The molecule has 1 amide bonds. The molecule has 0 aromatic carbocycles. The van der Waals surface area contributed by atoms with Crippen molar-refractivity contribution in [1.82, 2.24) is 5.32 Å². The Kier molecular flexibility index (Phi) is 6.84. The molecule has 1 fully saturated rings. The zero-order valence-corrected chi connectivity index (χ0v) is 15.6. The monoisotopic (exact) mass is 340 g/mol. The van der Waals surface area contributed by atoms with Gasteiger partial charge in [-0.2, -0.15) is 0 Å². The van der Waals surface area contributed by atoms with E-state index in [-0.39, 0.29) is 23.5 Å². The molecule has 1 aliphatic carbocycles. The second kappa shape index (κ2) is 8.01. The van der Waals surface area contributed by atoms with Crippen LogP contribution in [0.4, 0.5) is 4.79 Å². The maximum atomic E-state index is 11.9. The Labute approximate surface area is 145 Å². The highest BCUT2D eigenvalue weighted by molar-refractivity contribution is 5.86. The summed E-state index contributed by atoms with van der Waals surface area (Å²) in [6.45, 7) is 13.8. The Morgan fingerprint density at radius 1 is 1.33 bits per heavy atom. The Hall–Kier alpha value is -1.56. The van der Waals surface area contributed by atoms with Crippen LogP contribution in [0.15, 0.2) is 12.2 Å². The van der Waals surface area contributed by atoms with E-state index in [1.165, 1.54) is 0 Å². The number of carbonyl (C=O) groups excluding carboxylic acids is 2. The highest BCUT2D eigenvalue weighted by Gasteiger charge is 2.40. The number of alkyl carbamates (subject to hydrolysis) is 1. The maximum absolute atomic E-state index is 11.9. The molecule has 6 heteroatoms. The summed E-state index contributed by atoms with van der Waals surface area (Å²) >= 11 is 0. The van der Waals surface area contributed by atoms with Crippen molar-refractivity contribution in [3.8, 4) is 0 Å². The maximum Gasteiger partial charge on any atom is 0.407 e. The summed E-state index contributed by atoms with van der Waals surface area (Å²) in [6.07, 6.45) is 1.85. The van der Waals surface area contributed by atoms with E-state index >= 15 is 0 Å². The van der Waals surface area contributed by atoms with Gasteiger partial charge in [-0.1, -0.05) is 27.4 Å². The number of hydrogen-bond acceptors (Lipinski definition) is 5. The highest BCUT2D eigenvalue weighted by atomic mass is 16.6. The minimum atomic E-state index is -0.522. The normalized spacial score (nSPS) is 27.0. The van der Waals surface area contributed by atoms with Gasteiger partial charge in [-0.15, -0.1) is 0 Å². The van der Waals surface area contributed by atoms with Crippen LogP contribution < -0.4 is 11.1 Å². The molecule has 0 aromatic rings. The predicted molar refractivity (Wildman–Crippen MR) is 93.4 cm³/mol. The third kappa shape index (κ3) is 6.91. The van der Waals surface area contributed by atoms with Gasteiger partial charge >= 0.3 is 12.1 Å². The number of ether oxygens (including phenoxy) is 2. The molecule has 6 nitrogen and oxygen atoms in total. The van der Waals surface area contributed by atoms with Crippen molar-refractivity contribution in [2.24, 2.45) is 16.6 Å². The molecule has 0 heterocycles. The minimum Gasteiger partial charge on any atom is -0.458 e.